The lowest BCUT2D eigenvalue weighted by Crippen LogP contribution is -2.38. The quantitative estimate of drug-likeness (QED) is 0.524. The maximum atomic E-state index is 12.2. The van der Waals surface area contributed by atoms with Crippen molar-refractivity contribution in [1.82, 2.24) is 4.90 Å². The molecule has 1 N–H and O–H groups in total. The zero-order valence-electron chi connectivity index (χ0n) is 12.5. The van der Waals surface area contributed by atoms with Crippen molar-refractivity contribution in [2.45, 2.75) is 6.42 Å². The third kappa shape index (κ3) is 3.69. The van der Waals surface area contributed by atoms with Crippen molar-refractivity contribution in [3.05, 3.63) is 29.8 Å². The summed E-state index contributed by atoms with van der Waals surface area (Å²) in [5.74, 6) is 1.42. The highest BCUT2D eigenvalue weighted by Gasteiger charge is 2.20. The zero-order chi connectivity index (χ0) is 15.9. The maximum Gasteiger partial charge on any atom is 0.415 e. The summed E-state index contributed by atoms with van der Waals surface area (Å²) < 4.78 is 15.6. The predicted molar refractivity (Wildman–Crippen MR) is 80.1 cm³/mol. The van der Waals surface area contributed by atoms with Crippen molar-refractivity contribution in [2.75, 3.05) is 27.3 Å². The molecule has 1 aliphatic rings. The summed E-state index contributed by atoms with van der Waals surface area (Å²) in [5.41, 5.74) is 0.762. The summed E-state index contributed by atoms with van der Waals surface area (Å²) in [4.78, 5) is 13.7. The first-order valence-corrected chi connectivity index (χ1v) is 6.73. The summed E-state index contributed by atoms with van der Waals surface area (Å²) in [7, 11) is 3.05. The predicted octanol–water partition coefficient (Wildman–Crippen LogP) is 2.29. The summed E-state index contributed by atoms with van der Waals surface area (Å²) in [6, 6.07) is 4.89. The standard InChI is InChI=1S/C15H18N2O5/c1-20-13-6-5-12(8-14(13)21-2)22-15(18)17-7-3-4-11(10-17)9-16-19/h4-6,8-9,19H,3,7,10H2,1-2H3. The van der Waals surface area contributed by atoms with Gasteiger partial charge in [0.05, 0.1) is 27.0 Å². The molecule has 0 aromatic heterocycles. The molecule has 1 amide bonds. The second-order valence-corrected chi connectivity index (χ2v) is 4.62. The van der Waals surface area contributed by atoms with Gasteiger partial charge in [-0.25, -0.2) is 4.79 Å². The van der Waals surface area contributed by atoms with E-state index >= 15 is 0 Å². The van der Waals surface area contributed by atoms with Gasteiger partial charge in [0.1, 0.15) is 5.75 Å². The third-order valence-electron chi connectivity index (χ3n) is 3.22. The molecule has 1 heterocycles. The van der Waals surface area contributed by atoms with E-state index < -0.39 is 6.09 Å². The van der Waals surface area contributed by atoms with Gasteiger partial charge in [-0.1, -0.05) is 11.2 Å². The molecule has 0 unspecified atom stereocenters. The lowest BCUT2D eigenvalue weighted by Gasteiger charge is -2.25. The molecule has 1 aliphatic heterocycles. The Kier molecular flexibility index (Phi) is 5.24. The Labute approximate surface area is 128 Å². The van der Waals surface area contributed by atoms with E-state index in [1.54, 1.807) is 18.2 Å². The van der Waals surface area contributed by atoms with Crippen molar-refractivity contribution < 1.29 is 24.2 Å². The molecule has 22 heavy (non-hydrogen) atoms. The van der Waals surface area contributed by atoms with E-state index in [2.05, 4.69) is 5.16 Å². The summed E-state index contributed by atoms with van der Waals surface area (Å²) in [5, 5.41) is 11.5. The Bertz CT molecular complexity index is 598. The van der Waals surface area contributed by atoms with Crippen molar-refractivity contribution in [1.29, 1.82) is 0 Å². The first-order valence-electron chi connectivity index (χ1n) is 6.73. The molecule has 0 aliphatic carbocycles. The molecule has 7 nitrogen and oxygen atoms in total. The Hall–Kier alpha value is -2.70. The number of rotatable bonds is 4. The fourth-order valence-corrected chi connectivity index (χ4v) is 2.14. The van der Waals surface area contributed by atoms with Crippen LogP contribution >= 0.6 is 0 Å². The van der Waals surface area contributed by atoms with Crippen molar-refractivity contribution in [2.24, 2.45) is 5.16 Å². The number of nitrogens with zero attached hydrogens (tertiary/aromatic N) is 2. The minimum absolute atomic E-state index is 0.343. The molecule has 0 fully saturated rings. The van der Waals surface area contributed by atoms with Crippen molar-refractivity contribution in [3.63, 3.8) is 0 Å². The topological polar surface area (TPSA) is 80.6 Å². The number of methoxy groups -OCH3 is 2. The summed E-state index contributed by atoms with van der Waals surface area (Å²) in [6.07, 6.45) is 3.45. The molecule has 1 aromatic carbocycles. The van der Waals surface area contributed by atoms with E-state index in [1.165, 1.54) is 25.3 Å². The van der Waals surface area contributed by atoms with Crippen LogP contribution in [0.5, 0.6) is 17.2 Å². The Morgan fingerprint density at radius 3 is 2.77 bits per heavy atom. The SMILES string of the molecule is COc1ccc(OC(=O)N2CCC=C(C=NO)C2)cc1OC. The van der Waals surface area contributed by atoms with E-state index in [4.69, 9.17) is 19.4 Å². The van der Waals surface area contributed by atoms with Gasteiger partial charge in [-0.3, -0.25) is 0 Å². The Morgan fingerprint density at radius 1 is 1.32 bits per heavy atom. The van der Waals surface area contributed by atoms with Crippen molar-refractivity contribution in [3.8, 4) is 17.2 Å². The van der Waals surface area contributed by atoms with Gasteiger partial charge in [0.25, 0.3) is 0 Å². The molecular formula is C15H18N2O5. The van der Waals surface area contributed by atoms with Crippen LogP contribution < -0.4 is 14.2 Å². The monoisotopic (exact) mass is 306 g/mol. The van der Waals surface area contributed by atoms with Crippen LogP contribution in [0.4, 0.5) is 4.79 Å². The number of oxime groups is 1. The molecule has 0 saturated carbocycles. The minimum atomic E-state index is -0.468. The molecule has 7 heteroatoms. The normalized spacial score (nSPS) is 14.6. The zero-order valence-corrected chi connectivity index (χ0v) is 12.5. The van der Waals surface area contributed by atoms with Gasteiger partial charge in [-0.05, 0) is 24.1 Å². The van der Waals surface area contributed by atoms with Crippen LogP contribution in [-0.4, -0.2) is 49.7 Å². The van der Waals surface area contributed by atoms with E-state index in [0.29, 0.717) is 36.8 Å². The summed E-state index contributed by atoms with van der Waals surface area (Å²) in [6.45, 7) is 0.894. The number of carbonyl (C=O) groups excluding carboxylic acids is 1. The largest absolute Gasteiger partial charge is 0.493 e. The van der Waals surface area contributed by atoms with Gasteiger partial charge in [0.2, 0.25) is 0 Å². The maximum absolute atomic E-state index is 12.2. The highest BCUT2D eigenvalue weighted by molar-refractivity contribution is 5.81. The molecule has 2 rings (SSSR count). The fourth-order valence-electron chi connectivity index (χ4n) is 2.14. The average Bonchev–Trinajstić information content (AvgIpc) is 2.55. The first-order chi connectivity index (χ1) is 10.7. The molecular weight excluding hydrogens is 288 g/mol. The number of amides is 1. The van der Waals surface area contributed by atoms with Crippen LogP contribution in [0.2, 0.25) is 0 Å². The van der Waals surface area contributed by atoms with Gasteiger partial charge in [-0.2, -0.15) is 0 Å². The highest BCUT2D eigenvalue weighted by Crippen LogP contribution is 2.31. The van der Waals surface area contributed by atoms with Gasteiger partial charge >= 0.3 is 6.09 Å². The fraction of sp³-hybridized carbons (Fsp3) is 0.333. The smallest absolute Gasteiger partial charge is 0.415 e. The van der Waals surface area contributed by atoms with Crippen LogP contribution in [0.25, 0.3) is 0 Å². The van der Waals surface area contributed by atoms with Crippen LogP contribution in [0, 0.1) is 0 Å². The van der Waals surface area contributed by atoms with E-state index in [1.807, 2.05) is 6.08 Å². The summed E-state index contributed by atoms with van der Waals surface area (Å²) >= 11 is 0. The third-order valence-corrected chi connectivity index (χ3v) is 3.22. The molecule has 0 atom stereocenters. The number of hydrogen-bond donors (Lipinski definition) is 1. The second kappa shape index (κ2) is 7.35. The Morgan fingerprint density at radius 2 is 2.09 bits per heavy atom. The lowest BCUT2D eigenvalue weighted by atomic mass is 10.1. The van der Waals surface area contributed by atoms with Crippen LogP contribution in [0.1, 0.15) is 6.42 Å². The first kappa shape index (κ1) is 15.7. The molecule has 0 spiro atoms. The van der Waals surface area contributed by atoms with Crippen LogP contribution in [0.3, 0.4) is 0 Å². The van der Waals surface area contributed by atoms with E-state index in [0.717, 1.165) is 5.57 Å². The van der Waals surface area contributed by atoms with Gasteiger partial charge in [0.15, 0.2) is 11.5 Å². The van der Waals surface area contributed by atoms with Gasteiger partial charge in [-0.15, -0.1) is 0 Å². The van der Waals surface area contributed by atoms with Crippen molar-refractivity contribution >= 4 is 12.3 Å². The van der Waals surface area contributed by atoms with Crippen LogP contribution in [0.15, 0.2) is 35.0 Å². The molecule has 0 bridgehead atoms. The molecule has 118 valence electrons. The minimum Gasteiger partial charge on any atom is -0.493 e. The van der Waals surface area contributed by atoms with Gasteiger partial charge < -0.3 is 24.3 Å². The lowest BCUT2D eigenvalue weighted by molar-refractivity contribution is 0.155. The average molecular weight is 306 g/mol. The number of ether oxygens (including phenoxy) is 3. The molecule has 0 saturated heterocycles. The Balaban J connectivity index is 2.04. The van der Waals surface area contributed by atoms with E-state index in [-0.39, 0.29) is 0 Å². The van der Waals surface area contributed by atoms with E-state index in [9.17, 15) is 4.79 Å². The van der Waals surface area contributed by atoms with Gasteiger partial charge in [0, 0.05) is 12.6 Å². The second-order valence-electron chi connectivity index (χ2n) is 4.62. The molecule has 1 aromatic rings. The molecule has 0 radical (unpaired) electrons. The number of benzene rings is 1. The van der Waals surface area contributed by atoms with Crippen LogP contribution in [-0.2, 0) is 0 Å². The number of carbonyl (C=O) groups is 1. The number of hydrogen-bond acceptors (Lipinski definition) is 6. The highest BCUT2D eigenvalue weighted by atomic mass is 16.6.